The number of rotatable bonds is 5. The standard InChI is InChI=1S/C16H25BrN2OS/c1-4-7-12-13(17)14(21)19-15(18-12)16(20-5-2)9-6-8-11(3)10-16/h11H,4-10H2,1-3H3,(H,18,19,21). The SMILES string of the molecule is CCCc1[nH]c(C2(OCC)CCCC(C)C2)nc(=S)c1Br. The van der Waals surface area contributed by atoms with E-state index in [4.69, 9.17) is 17.0 Å². The summed E-state index contributed by atoms with van der Waals surface area (Å²) in [6.45, 7) is 7.23. The zero-order valence-electron chi connectivity index (χ0n) is 13.2. The second-order valence-corrected chi connectivity index (χ2v) is 7.24. The summed E-state index contributed by atoms with van der Waals surface area (Å²) in [6, 6.07) is 0. The van der Waals surface area contributed by atoms with Crippen LogP contribution >= 0.6 is 28.1 Å². The highest BCUT2D eigenvalue weighted by molar-refractivity contribution is 9.10. The summed E-state index contributed by atoms with van der Waals surface area (Å²) in [4.78, 5) is 8.17. The van der Waals surface area contributed by atoms with Crippen LogP contribution in [0.2, 0.25) is 0 Å². The molecule has 1 N–H and O–H groups in total. The molecule has 0 amide bonds. The third-order valence-electron chi connectivity index (χ3n) is 4.24. The van der Waals surface area contributed by atoms with Crippen molar-refractivity contribution in [3.8, 4) is 0 Å². The minimum Gasteiger partial charge on any atom is -0.367 e. The average Bonchev–Trinajstić information content (AvgIpc) is 2.44. The van der Waals surface area contributed by atoms with Gasteiger partial charge in [-0.3, -0.25) is 0 Å². The fourth-order valence-corrected chi connectivity index (χ4v) is 3.94. The maximum Gasteiger partial charge on any atom is 0.144 e. The van der Waals surface area contributed by atoms with Gasteiger partial charge in [0.1, 0.15) is 16.1 Å². The number of H-pyrrole nitrogens is 1. The van der Waals surface area contributed by atoms with Crippen LogP contribution in [0.3, 0.4) is 0 Å². The lowest BCUT2D eigenvalue weighted by atomic mass is 9.78. The number of aromatic amines is 1. The number of ether oxygens (including phenoxy) is 1. The molecule has 1 fully saturated rings. The number of aromatic nitrogens is 2. The quantitative estimate of drug-likeness (QED) is 0.712. The van der Waals surface area contributed by atoms with Crippen LogP contribution in [-0.2, 0) is 16.8 Å². The number of hydrogen-bond donors (Lipinski definition) is 1. The van der Waals surface area contributed by atoms with Gasteiger partial charge in [-0.2, -0.15) is 0 Å². The van der Waals surface area contributed by atoms with Crippen molar-refractivity contribution >= 4 is 28.1 Å². The number of halogens is 1. The Morgan fingerprint density at radius 2 is 2.24 bits per heavy atom. The maximum atomic E-state index is 6.20. The molecule has 2 rings (SSSR count). The Kier molecular flexibility index (Phi) is 5.97. The number of nitrogens with zero attached hydrogens (tertiary/aromatic N) is 1. The Balaban J connectivity index is 2.47. The first kappa shape index (κ1) is 17.1. The molecular formula is C16H25BrN2OS. The van der Waals surface area contributed by atoms with Crippen LogP contribution in [0.25, 0.3) is 0 Å². The summed E-state index contributed by atoms with van der Waals surface area (Å²) >= 11 is 9.01. The molecule has 0 aliphatic heterocycles. The molecule has 5 heteroatoms. The van der Waals surface area contributed by atoms with Crippen molar-refractivity contribution in [1.82, 2.24) is 9.97 Å². The van der Waals surface area contributed by atoms with Gasteiger partial charge in [-0.05, 0) is 54.5 Å². The Bertz CT molecular complexity index is 542. The van der Waals surface area contributed by atoms with Crippen LogP contribution < -0.4 is 0 Å². The van der Waals surface area contributed by atoms with Crippen LogP contribution in [0.4, 0.5) is 0 Å². The minimum atomic E-state index is -0.289. The van der Waals surface area contributed by atoms with E-state index in [9.17, 15) is 0 Å². The number of aryl methyl sites for hydroxylation is 1. The molecule has 0 aromatic carbocycles. The molecule has 3 nitrogen and oxygen atoms in total. The van der Waals surface area contributed by atoms with Gasteiger partial charge in [-0.1, -0.05) is 38.9 Å². The minimum absolute atomic E-state index is 0.289. The van der Waals surface area contributed by atoms with Gasteiger partial charge < -0.3 is 9.72 Å². The first-order chi connectivity index (χ1) is 10.0. The van der Waals surface area contributed by atoms with Crippen LogP contribution in [0, 0.1) is 10.6 Å². The fraction of sp³-hybridized carbons (Fsp3) is 0.750. The lowest BCUT2D eigenvalue weighted by Crippen LogP contribution is -2.37. The lowest BCUT2D eigenvalue weighted by molar-refractivity contribution is -0.0883. The van der Waals surface area contributed by atoms with E-state index in [0.717, 1.165) is 41.7 Å². The summed E-state index contributed by atoms with van der Waals surface area (Å²) in [5, 5.41) is 0. The lowest BCUT2D eigenvalue weighted by Gasteiger charge is -2.39. The van der Waals surface area contributed by atoms with E-state index in [1.807, 2.05) is 0 Å². The largest absolute Gasteiger partial charge is 0.367 e. The molecular weight excluding hydrogens is 348 g/mol. The molecule has 0 radical (unpaired) electrons. The van der Waals surface area contributed by atoms with Crippen molar-refractivity contribution < 1.29 is 4.74 Å². The topological polar surface area (TPSA) is 37.9 Å². The summed E-state index contributed by atoms with van der Waals surface area (Å²) in [7, 11) is 0. The fourth-order valence-electron chi connectivity index (χ4n) is 3.34. The Hall–Kier alpha value is -0.260. The second-order valence-electron chi connectivity index (χ2n) is 6.06. The van der Waals surface area contributed by atoms with Gasteiger partial charge in [-0.25, -0.2) is 4.98 Å². The van der Waals surface area contributed by atoms with Gasteiger partial charge in [0.05, 0.1) is 4.47 Å². The van der Waals surface area contributed by atoms with Crippen molar-refractivity contribution in [3.63, 3.8) is 0 Å². The summed E-state index contributed by atoms with van der Waals surface area (Å²) in [5.41, 5.74) is 0.855. The van der Waals surface area contributed by atoms with Gasteiger partial charge in [-0.15, -0.1) is 0 Å². The smallest absolute Gasteiger partial charge is 0.144 e. The van der Waals surface area contributed by atoms with E-state index in [2.05, 4.69) is 46.7 Å². The molecule has 1 aliphatic rings. The first-order valence-electron chi connectivity index (χ1n) is 7.95. The van der Waals surface area contributed by atoms with E-state index in [1.54, 1.807) is 0 Å². The molecule has 0 saturated heterocycles. The normalized spacial score (nSPS) is 26.0. The van der Waals surface area contributed by atoms with E-state index in [-0.39, 0.29) is 5.60 Å². The maximum absolute atomic E-state index is 6.20. The summed E-state index contributed by atoms with van der Waals surface area (Å²) in [6.07, 6.45) is 6.54. The van der Waals surface area contributed by atoms with E-state index >= 15 is 0 Å². The van der Waals surface area contributed by atoms with Gasteiger partial charge in [0.2, 0.25) is 0 Å². The highest BCUT2D eigenvalue weighted by atomic mass is 79.9. The first-order valence-corrected chi connectivity index (χ1v) is 9.15. The molecule has 1 aliphatic carbocycles. The third kappa shape index (κ3) is 3.74. The molecule has 2 unspecified atom stereocenters. The predicted octanol–water partition coefficient (Wildman–Crippen LogP) is 5.30. The summed E-state index contributed by atoms with van der Waals surface area (Å²) < 4.78 is 7.77. The zero-order valence-corrected chi connectivity index (χ0v) is 15.6. The monoisotopic (exact) mass is 372 g/mol. The van der Waals surface area contributed by atoms with Gasteiger partial charge in [0.15, 0.2) is 0 Å². The molecule has 21 heavy (non-hydrogen) atoms. The van der Waals surface area contributed by atoms with Crippen molar-refractivity contribution in [2.45, 2.75) is 64.9 Å². The van der Waals surface area contributed by atoms with Crippen LogP contribution in [-0.4, -0.2) is 16.6 Å². The van der Waals surface area contributed by atoms with Gasteiger partial charge in [0.25, 0.3) is 0 Å². The van der Waals surface area contributed by atoms with E-state index in [1.165, 1.54) is 12.8 Å². The van der Waals surface area contributed by atoms with Crippen LogP contribution in [0.15, 0.2) is 4.47 Å². The highest BCUT2D eigenvalue weighted by Gasteiger charge is 2.39. The highest BCUT2D eigenvalue weighted by Crippen LogP contribution is 2.42. The number of hydrogen-bond acceptors (Lipinski definition) is 3. The van der Waals surface area contributed by atoms with Crippen LogP contribution in [0.1, 0.15) is 64.4 Å². The van der Waals surface area contributed by atoms with Gasteiger partial charge >= 0.3 is 0 Å². The number of nitrogens with one attached hydrogen (secondary N) is 1. The van der Waals surface area contributed by atoms with Crippen molar-refractivity contribution in [1.29, 1.82) is 0 Å². The van der Waals surface area contributed by atoms with Crippen molar-refractivity contribution in [2.24, 2.45) is 5.92 Å². The van der Waals surface area contributed by atoms with Gasteiger partial charge in [0, 0.05) is 12.3 Å². The van der Waals surface area contributed by atoms with Crippen molar-refractivity contribution in [2.75, 3.05) is 6.61 Å². The predicted molar refractivity (Wildman–Crippen MR) is 92.1 cm³/mol. The third-order valence-corrected chi connectivity index (χ3v) is 5.66. The Morgan fingerprint density at radius 1 is 1.48 bits per heavy atom. The average molecular weight is 373 g/mol. The Morgan fingerprint density at radius 3 is 2.86 bits per heavy atom. The van der Waals surface area contributed by atoms with E-state index in [0.29, 0.717) is 17.2 Å². The molecule has 1 heterocycles. The molecule has 0 bridgehead atoms. The second kappa shape index (κ2) is 7.34. The molecule has 1 aromatic rings. The van der Waals surface area contributed by atoms with Crippen LogP contribution in [0.5, 0.6) is 0 Å². The zero-order chi connectivity index (χ0) is 15.5. The van der Waals surface area contributed by atoms with Crippen molar-refractivity contribution in [3.05, 3.63) is 20.6 Å². The molecule has 0 spiro atoms. The molecule has 2 atom stereocenters. The summed E-state index contributed by atoms with van der Waals surface area (Å²) in [5.74, 6) is 1.58. The molecule has 1 saturated carbocycles. The Labute approximate surface area is 141 Å². The molecule has 1 aromatic heterocycles. The van der Waals surface area contributed by atoms with E-state index < -0.39 is 0 Å². The molecule has 118 valence electrons.